The Balaban J connectivity index is 1.76. The SMILES string of the molecule is CCNC(=O)Nc1nc2cc(-c3cccnc3)cc(N3CCN(C)CC3)n2n1. The molecule has 0 bridgehead atoms. The minimum absolute atomic E-state index is 0.282. The minimum atomic E-state index is -0.313. The highest BCUT2D eigenvalue weighted by atomic mass is 16.2. The highest BCUT2D eigenvalue weighted by molar-refractivity contribution is 5.87. The monoisotopic (exact) mass is 380 g/mol. The van der Waals surface area contributed by atoms with Gasteiger partial charge in [-0.3, -0.25) is 10.3 Å². The van der Waals surface area contributed by atoms with Crippen LogP contribution in [0.3, 0.4) is 0 Å². The first-order valence-electron chi connectivity index (χ1n) is 9.43. The molecule has 9 nitrogen and oxygen atoms in total. The summed E-state index contributed by atoms with van der Waals surface area (Å²) in [6.45, 7) is 6.18. The van der Waals surface area contributed by atoms with Crippen LogP contribution in [0.2, 0.25) is 0 Å². The molecule has 0 aromatic carbocycles. The average Bonchev–Trinajstić information content (AvgIpc) is 3.11. The second-order valence-corrected chi connectivity index (χ2v) is 6.82. The van der Waals surface area contributed by atoms with Crippen LogP contribution in [-0.4, -0.2) is 70.3 Å². The van der Waals surface area contributed by atoms with E-state index in [4.69, 9.17) is 0 Å². The Morgan fingerprint density at radius 1 is 1.18 bits per heavy atom. The fourth-order valence-electron chi connectivity index (χ4n) is 3.29. The van der Waals surface area contributed by atoms with E-state index in [1.807, 2.05) is 31.3 Å². The van der Waals surface area contributed by atoms with Crippen LogP contribution < -0.4 is 15.5 Å². The molecular weight excluding hydrogens is 356 g/mol. The summed E-state index contributed by atoms with van der Waals surface area (Å²) < 4.78 is 1.80. The molecule has 0 unspecified atom stereocenters. The quantitative estimate of drug-likeness (QED) is 0.716. The minimum Gasteiger partial charge on any atom is -0.354 e. The van der Waals surface area contributed by atoms with E-state index in [0.717, 1.165) is 43.1 Å². The second kappa shape index (κ2) is 7.81. The van der Waals surface area contributed by atoms with Crippen molar-refractivity contribution in [3.05, 3.63) is 36.7 Å². The molecule has 1 saturated heterocycles. The van der Waals surface area contributed by atoms with Gasteiger partial charge in [-0.25, -0.2) is 4.79 Å². The smallest absolute Gasteiger partial charge is 0.321 e. The van der Waals surface area contributed by atoms with Gasteiger partial charge in [0.2, 0.25) is 0 Å². The third kappa shape index (κ3) is 3.74. The second-order valence-electron chi connectivity index (χ2n) is 6.82. The molecule has 1 fully saturated rings. The van der Waals surface area contributed by atoms with Crippen LogP contribution in [-0.2, 0) is 0 Å². The number of pyridine rings is 2. The maximum absolute atomic E-state index is 11.9. The van der Waals surface area contributed by atoms with Gasteiger partial charge in [0.25, 0.3) is 5.95 Å². The van der Waals surface area contributed by atoms with E-state index >= 15 is 0 Å². The van der Waals surface area contributed by atoms with Gasteiger partial charge in [0, 0.05) is 50.7 Å². The predicted octanol–water partition coefficient (Wildman–Crippen LogP) is 1.68. The van der Waals surface area contributed by atoms with Crippen LogP contribution in [0.5, 0.6) is 0 Å². The third-order valence-corrected chi connectivity index (χ3v) is 4.80. The van der Waals surface area contributed by atoms with Crippen LogP contribution in [0.1, 0.15) is 6.92 Å². The molecule has 0 aliphatic carbocycles. The van der Waals surface area contributed by atoms with Gasteiger partial charge < -0.3 is 15.1 Å². The number of carbonyl (C=O) groups excluding carboxylic acids is 1. The van der Waals surface area contributed by atoms with E-state index in [1.54, 1.807) is 10.7 Å². The van der Waals surface area contributed by atoms with Crippen molar-refractivity contribution in [1.29, 1.82) is 0 Å². The number of likely N-dealkylation sites (N-methyl/N-ethyl adjacent to an activating group) is 1. The van der Waals surface area contributed by atoms with Gasteiger partial charge in [-0.1, -0.05) is 6.07 Å². The molecule has 28 heavy (non-hydrogen) atoms. The highest BCUT2D eigenvalue weighted by Crippen LogP contribution is 2.27. The standard InChI is InChI=1S/C19H24N8O/c1-3-21-19(28)23-18-22-16-11-15(14-5-4-6-20-13-14)12-17(27(16)24-18)26-9-7-25(2)8-10-26/h4-6,11-13H,3,7-10H2,1-2H3,(H2,21,23,24,28). The molecule has 9 heteroatoms. The third-order valence-electron chi connectivity index (χ3n) is 4.80. The lowest BCUT2D eigenvalue weighted by atomic mass is 10.1. The molecule has 0 radical (unpaired) electrons. The molecule has 1 aliphatic heterocycles. The van der Waals surface area contributed by atoms with E-state index in [-0.39, 0.29) is 12.0 Å². The summed E-state index contributed by atoms with van der Waals surface area (Å²) in [7, 11) is 2.13. The van der Waals surface area contributed by atoms with Gasteiger partial charge in [-0.15, -0.1) is 5.10 Å². The zero-order valence-corrected chi connectivity index (χ0v) is 16.1. The summed E-state index contributed by atoms with van der Waals surface area (Å²) in [6, 6.07) is 7.71. The first-order chi connectivity index (χ1) is 13.6. The number of carbonyl (C=O) groups is 1. The maximum Gasteiger partial charge on any atom is 0.321 e. The molecule has 3 aromatic heterocycles. The summed E-state index contributed by atoms with van der Waals surface area (Å²) in [5.41, 5.74) is 2.72. The van der Waals surface area contributed by atoms with Crippen LogP contribution in [0, 0.1) is 0 Å². The Labute approximate surface area is 163 Å². The van der Waals surface area contributed by atoms with Crippen LogP contribution >= 0.6 is 0 Å². The maximum atomic E-state index is 11.9. The molecule has 2 N–H and O–H groups in total. The number of hydrogen-bond acceptors (Lipinski definition) is 6. The van der Waals surface area contributed by atoms with Gasteiger partial charge in [-0.2, -0.15) is 9.50 Å². The van der Waals surface area contributed by atoms with Gasteiger partial charge in [0.1, 0.15) is 5.82 Å². The average molecular weight is 380 g/mol. The number of nitrogens with zero attached hydrogens (tertiary/aromatic N) is 6. The van der Waals surface area contributed by atoms with Gasteiger partial charge in [0.15, 0.2) is 5.65 Å². The number of hydrogen-bond donors (Lipinski definition) is 2. The molecule has 4 rings (SSSR count). The lowest BCUT2D eigenvalue weighted by molar-refractivity contribution is 0.252. The van der Waals surface area contributed by atoms with Crippen LogP contribution in [0.4, 0.5) is 16.6 Å². The number of anilines is 2. The first-order valence-corrected chi connectivity index (χ1v) is 9.43. The number of piperazine rings is 1. The van der Waals surface area contributed by atoms with Gasteiger partial charge >= 0.3 is 6.03 Å². The Kier molecular flexibility index (Phi) is 5.07. The van der Waals surface area contributed by atoms with Crippen LogP contribution in [0.25, 0.3) is 16.8 Å². The zero-order valence-electron chi connectivity index (χ0n) is 16.1. The predicted molar refractivity (Wildman–Crippen MR) is 109 cm³/mol. The first kappa shape index (κ1) is 18.2. The summed E-state index contributed by atoms with van der Waals surface area (Å²) >= 11 is 0. The van der Waals surface area contributed by atoms with Crippen LogP contribution in [0.15, 0.2) is 36.7 Å². The van der Waals surface area contributed by atoms with Crippen molar-refractivity contribution in [2.45, 2.75) is 6.92 Å². The van der Waals surface area contributed by atoms with Gasteiger partial charge in [0.05, 0.1) is 0 Å². The number of fused-ring (bicyclic) bond motifs is 1. The van der Waals surface area contributed by atoms with Crippen molar-refractivity contribution in [1.82, 2.24) is 29.8 Å². The molecule has 2 amide bonds. The van der Waals surface area contributed by atoms with Crippen molar-refractivity contribution in [2.75, 3.05) is 50.0 Å². The topological polar surface area (TPSA) is 90.7 Å². The molecule has 146 valence electrons. The molecular formula is C19H24N8O. The van der Waals surface area contributed by atoms with E-state index in [0.29, 0.717) is 12.2 Å². The Bertz CT molecular complexity index is 963. The summed E-state index contributed by atoms with van der Waals surface area (Å²) in [5, 5.41) is 9.92. The van der Waals surface area contributed by atoms with Crippen molar-refractivity contribution in [2.24, 2.45) is 0 Å². The van der Waals surface area contributed by atoms with Gasteiger partial charge in [-0.05, 0) is 37.7 Å². The Morgan fingerprint density at radius 2 is 2.00 bits per heavy atom. The summed E-state index contributed by atoms with van der Waals surface area (Å²) in [5.74, 6) is 1.24. The molecule has 4 heterocycles. The number of urea groups is 1. The van der Waals surface area contributed by atoms with Crippen molar-refractivity contribution in [3.8, 4) is 11.1 Å². The number of nitrogens with one attached hydrogen (secondary N) is 2. The lowest BCUT2D eigenvalue weighted by Crippen LogP contribution is -2.45. The van der Waals surface area contributed by atoms with E-state index in [2.05, 4.69) is 48.6 Å². The number of rotatable bonds is 4. The normalized spacial score (nSPS) is 15.0. The molecule has 0 spiro atoms. The zero-order chi connectivity index (χ0) is 19.5. The Hall–Kier alpha value is -3.20. The summed E-state index contributed by atoms with van der Waals surface area (Å²) in [4.78, 5) is 25.2. The number of aromatic nitrogens is 4. The largest absolute Gasteiger partial charge is 0.354 e. The molecule has 0 saturated carbocycles. The highest BCUT2D eigenvalue weighted by Gasteiger charge is 2.20. The molecule has 0 atom stereocenters. The van der Waals surface area contributed by atoms with Crippen molar-refractivity contribution >= 4 is 23.4 Å². The Morgan fingerprint density at radius 3 is 2.71 bits per heavy atom. The fourth-order valence-corrected chi connectivity index (χ4v) is 3.29. The van der Waals surface area contributed by atoms with Crippen molar-refractivity contribution in [3.63, 3.8) is 0 Å². The van der Waals surface area contributed by atoms with E-state index in [9.17, 15) is 4.79 Å². The number of amides is 2. The van der Waals surface area contributed by atoms with E-state index in [1.165, 1.54) is 0 Å². The lowest BCUT2D eigenvalue weighted by Gasteiger charge is -2.34. The van der Waals surface area contributed by atoms with E-state index < -0.39 is 0 Å². The molecule has 1 aliphatic rings. The molecule has 3 aromatic rings. The van der Waals surface area contributed by atoms with Crippen molar-refractivity contribution < 1.29 is 4.79 Å². The fraction of sp³-hybridized carbons (Fsp3) is 0.368. The summed E-state index contributed by atoms with van der Waals surface area (Å²) in [6.07, 6.45) is 3.60.